The molecule has 3 aromatic rings. The summed E-state index contributed by atoms with van der Waals surface area (Å²) < 4.78 is 6.76. The number of aromatic amines is 1. The van der Waals surface area contributed by atoms with E-state index in [9.17, 15) is 20.1 Å². The largest absolute Gasteiger partial charge is 0.508 e. The Morgan fingerprint density at radius 2 is 1.86 bits per heavy atom. The van der Waals surface area contributed by atoms with Crippen molar-refractivity contribution in [3.8, 4) is 5.75 Å². The monoisotopic (exact) mass is 498 g/mol. The summed E-state index contributed by atoms with van der Waals surface area (Å²) in [5, 5.41) is 33.4. The number of aliphatic hydroxyl groups is 1. The van der Waals surface area contributed by atoms with Crippen LogP contribution >= 0.6 is 0 Å². The van der Waals surface area contributed by atoms with Crippen LogP contribution in [0.1, 0.15) is 61.0 Å². The number of aliphatic hydroxyl groups excluding tert-OH is 1. The summed E-state index contributed by atoms with van der Waals surface area (Å²) in [7, 11) is -2.09. The van der Waals surface area contributed by atoms with E-state index in [-0.39, 0.29) is 35.2 Å². The zero-order valence-corrected chi connectivity index (χ0v) is 22.5. The lowest BCUT2D eigenvalue weighted by molar-refractivity contribution is 0.0691. The maximum Gasteiger partial charge on any atom is 0.352 e. The van der Waals surface area contributed by atoms with Gasteiger partial charge in [0.05, 0.1) is 12.7 Å². The van der Waals surface area contributed by atoms with Crippen LogP contribution in [0.2, 0.25) is 18.1 Å². The van der Waals surface area contributed by atoms with Gasteiger partial charge in [-0.3, -0.25) is 0 Å². The molecule has 0 unspecified atom stereocenters. The van der Waals surface area contributed by atoms with Crippen LogP contribution < -0.4 is 5.32 Å². The Hall–Kier alpha value is -2.65. The van der Waals surface area contributed by atoms with Crippen LogP contribution in [0.4, 0.5) is 0 Å². The molecular formula is C27H38N2O5Si. The number of carboxylic acids is 1. The third-order valence-electron chi connectivity index (χ3n) is 7.00. The number of phenols is 1. The van der Waals surface area contributed by atoms with Crippen LogP contribution in [0.15, 0.2) is 42.5 Å². The normalized spacial score (nSPS) is 14.3. The van der Waals surface area contributed by atoms with Crippen molar-refractivity contribution in [3.63, 3.8) is 0 Å². The topological polar surface area (TPSA) is 115 Å². The lowest BCUT2D eigenvalue weighted by Gasteiger charge is -2.40. The first-order valence-electron chi connectivity index (χ1n) is 12.0. The number of carbonyl (C=O) groups is 1. The number of H-pyrrole nitrogens is 1. The van der Waals surface area contributed by atoms with Gasteiger partial charge in [0.2, 0.25) is 0 Å². The Morgan fingerprint density at radius 1 is 1.14 bits per heavy atom. The highest BCUT2D eigenvalue weighted by Gasteiger charge is 2.39. The minimum Gasteiger partial charge on any atom is -0.508 e. The number of rotatable bonds is 10. The van der Waals surface area contributed by atoms with Gasteiger partial charge < -0.3 is 30.0 Å². The van der Waals surface area contributed by atoms with E-state index < -0.39 is 14.3 Å². The summed E-state index contributed by atoms with van der Waals surface area (Å²) >= 11 is 0. The number of benzene rings is 2. The fourth-order valence-corrected chi connectivity index (χ4v) is 5.13. The molecule has 0 fully saturated rings. The maximum absolute atomic E-state index is 11.2. The lowest BCUT2D eigenvalue weighted by atomic mass is 10.0. The van der Waals surface area contributed by atoms with E-state index in [2.05, 4.69) is 51.1 Å². The molecule has 0 spiro atoms. The Bertz CT molecular complexity index is 1180. The molecule has 0 amide bonds. The van der Waals surface area contributed by atoms with Crippen molar-refractivity contribution >= 4 is 25.2 Å². The fourth-order valence-electron chi connectivity index (χ4n) is 3.85. The van der Waals surface area contributed by atoms with E-state index in [0.717, 1.165) is 28.5 Å². The summed E-state index contributed by atoms with van der Waals surface area (Å²) in [5.74, 6) is -0.890. The maximum atomic E-state index is 11.2. The minimum absolute atomic E-state index is 0.0361. The number of hydrogen-bond acceptors (Lipinski definition) is 5. The number of aromatic carboxylic acids is 1. The van der Waals surface area contributed by atoms with Gasteiger partial charge in [-0.1, -0.05) is 32.9 Å². The molecule has 190 valence electrons. The van der Waals surface area contributed by atoms with E-state index in [1.807, 2.05) is 30.3 Å². The Balaban J connectivity index is 1.76. The molecule has 0 saturated carbocycles. The highest BCUT2D eigenvalue weighted by atomic mass is 28.4. The number of nitrogens with one attached hydrogen (secondary N) is 2. The molecule has 0 aliphatic carbocycles. The van der Waals surface area contributed by atoms with Crippen LogP contribution in [-0.2, 0) is 17.5 Å². The number of aromatic nitrogens is 1. The average Bonchev–Trinajstić information content (AvgIpc) is 3.20. The highest BCUT2D eigenvalue weighted by molar-refractivity contribution is 6.74. The van der Waals surface area contributed by atoms with Crippen molar-refractivity contribution in [2.75, 3.05) is 6.54 Å². The molecule has 35 heavy (non-hydrogen) atoms. The Morgan fingerprint density at radius 3 is 2.49 bits per heavy atom. The van der Waals surface area contributed by atoms with Crippen molar-refractivity contribution in [2.45, 2.75) is 71.0 Å². The quantitative estimate of drug-likeness (QED) is 0.241. The summed E-state index contributed by atoms with van der Waals surface area (Å²) in [6, 6.07) is 13.0. The van der Waals surface area contributed by atoms with Gasteiger partial charge in [-0.2, -0.15) is 0 Å². The molecule has 5 N–H and O–H groups in total. The van der Waals surface area contributed by atoms with Gasteiger partial charge in [-0.15, -0.1) is 0 Å². The van der Waals surface area contributed by atoms with Crippen molar-refractivity contribution in [2.24, 2.45) is 0 Å². The Labute approximate surface area is 208 Å². The Kier molecular flexibility index (Phi) is 8.11. The van der Waals surface area contributed by atoms with Crippen LogP contribution in [0.5, 0.6) is 5.75 Å². The predicted octanol–water partition coefficient (Wildman–Crippen LogP) is 5.35. The van der Waals surface area contributed by atoms with Gasteiger partial charge in [0.25, 0.3) is 0 Å². The third-order valence-corrected chi connectivity index (χ3v) is 11.5. The van der Waals surface area contributed by atoms with Gasteiger partial charge in [0, 0.05) is 29.1 Å². The molecule has 2 atom stereocenters. The van der Waals surface area contributed by atoms with E-state index in [1.165, 1.54) is 0 Å². The summed E-state index contributed by atoms with van der Waals surface area (Å²) in [6.45, 7) is 13.5. The smallest absolute Gasteiger partial charge is 0.352 e. The molecule has 0 aliphatic heterocycles. The molecule has 0 saturated heterocycles. The predicted molar refractivity (Wildman–Crippen MR) is 141 cm³/mol. The number of carboxylic acid groups (broad SMARTS) is 1. The summed E-state index contributed by atoms with van der Waals surface area (Å²) in [6.07, 6.45) is 0.544. The molecule has 0 radical (unpaired) electrons. The lowest BCUT2D eigenvalue weighted by Crippen LogP contribution is -2.44. The second kappa shape index (κ2) is 10.5. The number of aromatic hydroxyl groups is 1. The van der Waals surface area contributed by atoms with Crippen LogP contribution in [0.3, 0.4) is 0 Å². The molecule has 0 aliphatic rings. The van der Waals surface area contributed by atoms with Gasteiger partial charge >= 0.3 is 5.97 Å². The standard InChI is InChI=1S/C27H38N2O5Si/c1-17(11-18-7-9-22-20(12-18)14-23(29-22)26(32)33)28-15-25(34-35(5,6)27(2,3)4)19-8-10-24(31)21(13-19)16-30/h7-10,12-14,17,25,28-31H,11,15-16H2,1-6H3,(H,32,33)/t17-,25-/m1/s1. The zero-order chi connectivity index (χ0) is 26.0. The van der Waals surface area contributed by atoms with Gasteiger partial charge in [0.1, 0.15) is 11.4 Å². The second-order valence-electron chi connectivity index (χ2n) is 10.8. The van der Waals surface area contributed by atoms with Crippen LogP contribution in [-0.4, -0.2) is 47.2 Å². The van der Waals surface area contributed by atoms with E-state index in [1.54, 1.807) is 12.1 Å². The fraction of sp³-hybridized carbons (Fsp3) is 0.444. The molecule has 8 heteroatoms. The highest BCUT2D eigenvalue weighted by Crippen LogP contribution is 2.40. The van der Waals surface area contributed by atoms with E-state index >= 15 is 0 Å². The molecule has 0 bridgehead atoms. The van der Waals surface area contributed by atoms with Crippen LogP contribution in [0.25, 0.3) is 10.9 Å². The summed E-state index contributed by atoms with van der Waals surface area (Å²) in [5.41, 5.74) is 3.51. The van der Waals surface area contributed by atoms with Gasteiger partial charge in [-0.05, 0) is 72.9 Å². The molecule has 2 aromatic carbocycles. The van der Waals surface area contributed by atoms with Gasteiger partial charge in [-0.25, -0.2) is 4.79 Å². The first kappa shape index (κ1) is 26.9. The molecule has 1 heterocycles. The number of fused-ring (bicyclic) bond motifs is 1. The van der Waals surface area contributed by atoms with Crippen molar-refractivity contribution in [1.29, 1.82) is 0 Å². The van der Waals surface area contributed by atoms with Gasteiger partial charge in [0.15, 0.2) is 8.32 Å². The van der Waals surface area contributed by atoms with E-state index in [0.29, 0.717) is 12.1 Å². The van der Waals surface area contributed by atoms with Crippen molar-refractivity contribution < 1.29 is 24.5 Å². The van der Waals surface area contributed by atoms with Crippen LogP contribution in [0, 0.1) is 0 Å². The minimum atomic E-state index is -2.09. The van der Waals surface area contributed by atoms with E-state index in [4.69, 9.17) is 4.43 Å². The molecule has 1 aromatic heterocycles. The second-order valence-corrected chi connectivity index (χ2v) is 15.6. The molecular weight excluding hydrogens is 460 g/mol. The first-order chi connectivity index (χ1) is 16.3. The van der Waals surface area contributed by atoms with Crippen molar-refractivity contribution in [3.05, 3.63) is 64.8 Å². The molecule has 7 nitrogen and oxygen atoms in total. The number of hydrogen-bond donors (Lipinski definition) is 5. The average molecular weight is 499 g/mol. The van der Waals surface area contributed by atoms with Crippen molar-refractivity contribution in [1.82, 2.24) is 10.3 Å². The zero-order valence-electron chi connectivity index (χ0n) is 21.5. The SMILES string of the molecule is C[C@H](Cc1ccc2[nH]c(C(=O)O)cc2c1)NC[C@@H](O[Si](C)(C)C(C)(C)C)c1ccc(O)c(CO)c1. The molecule has 3 rings (SSSR count). The summed E-state index contributed by atoms with van der Waals surface area (Å²) in [4.78, 5) is 14.2. The third kappa shape index (κ3) is 6.52. The first-order valence-corrected chi connectivity index (χ1v) is 14.9.